The van der Waals surface area contributed by atoms with Crippen LogP contribution in [0.1, 0.15) is 23.7 Å². The van der Waals surface area contributed by atoms with E-state index in [9.17, 15) is 4.79 Å². The Morgan fingerprint density at radius 1 is 1.08 bits per heavy atom. The number of aromatic nitrogens is 1. The van der Waals surface area contributed by atoms with Gasteiger partial charge in [-0.3, -0.25) is 9.78 Å². The number of likely N-dealkylation sites (N-methyl/N-ethyl adjacent to an activating group) is 1. The van der Waals surface area contributed by atoms with Gasteiger partial charge in [0.1, 0.15) is 0 Å². The van der Waals surface area contributed by atoms with E-state index in [2.05, 4.69) is 51.5 Å². The summed E-state index contributed by atoms with van der Waals surface area (Å²) >= 11 is 0. The van der Waals surface area contributed by atoms with E-state index in [4.69, 9.17) is 0 Å². The summed E-state index contributed by atoms with van der Waals surface area (Å²) in [4.78, 5) is 21.3. The molecule has 0 radical (unpaired) electrons. The summed E-state index contributed by atoms with van der Waals surface area (Å²) < 4.78 is 0. The van der Waals surface area contributed by atoms with Crippen molar-refractivity contribution in [2.45, 2.75) is 13.3 Å². The molecule has 0 spiro atoms. The number of amides is 1. The lowest BCUT2D eigenvalue weighted by molar-refractivity contribution is 0.102. The zero-order valence-electron chi connectivity index (χ0n) is 15.5. The van der Waals surface area contributed by atoms with Crippen LogP contribution < -0.4 is 15.5 Å². The smallest absolute Gasteiger partial charge is 0.257 e. The van der Waals surface area contributed by atoms with Gasteiger partial charge in [-0.1, -0.05) is 6.92 Å². The van der Waals surface area contributed by atoms with Gasteiger partial charge in [0, 0.05) is 56.5 Å². The van der Waals surface area contributed by atoms with Gasteiger partial charge in [-0.15, -0.1) is 0 Å². The lowest BCUT2D eigenvalue weighted by Gasteiger charge is -2.34. The van der Waals surface area contributed by atoms with Gasteiger partial charge < -0.3 is 20.4 Å². The van der Waals surface area contributed by atoms with Gasteiger partial charge in [0.2, 0.25) is 0 Å². The molecule has 1 aliphatic rings. The SMILES string of the molecule is CCCNc1cncc(C(=O)Nc2ccc(N3CCN(C)CC3)cc2)c1. The number of hydrogen-bond acceptors (Lipinski definition) is 5. The van der Waals surface area contributed by atoms with Crippen molar-refractivity contribution in [1.29, 1.82) is 0 Å². The number of nitrogens with one attached hydrogen (secondary N) is 2. The molecule has 0 atom stereocenters. The molecule has 2 heterocycles. The van der Waals surface area contributed by atoms with Crippen LogP contribution in [0.3, 0.4) is 0 Å². The molecule has 0 saturated carbocycles. The second kappa shape index (κ2) is 8.67. The lowest BCUT2D eigenvalue weighted by Crippen LogP contribution is -2.44. The van der Waals surface area contributed by atoms with Crippen molar-refractivity contribution < 1.29 is 4.79 Å². The van der Waals surface area contributed by atoms with E-state index >= 15 is 0 Å². The molecular formula is C20H27N5O. The van der Waals surface area contributed by atoms with Gasteiger partial charge in [0.05, 0.1) is 11.3 Å². The number of piperazine rings is 1. The molecule has 26 heavy (non-hydrogen) atoms. The zero-order valence-corrected chi connectivity index (χ0v) is 15.5. The summed E-state index contributed by atoms with van der Waals surface area (Å²) in [5.74, 6) is -0.148. The molecule has 2 aromatic rings. The van der Waals surface area contributed by atoms with Crippen LogP contribution in [-0.4, -0.2) is 55.6 Å². The molecule has 1 saturated heterocycles. The second-order valence-corrected chi connectivity index (χ2v) is 6.68. The monoisotopic (exact) mass is 353 g/mol. The highest BCUT2D eigenvalue weighted by atomic mass is 16.1. The van der Waals surface area contributed by atoms with Crippen LogP contribution in [0.15, 0.2) is 42.7 Å². The van der Waals surface area contributed by atoms with Crippen LogP contribution in [-0.2, 0) is 0 Å². The fourth-order valence-corrected chi connectivity index (χ4v) is 2.95. The molecule has 1 aliphatic heterocycles. The van der Waals surface area contributed by atoms with E-state index in [1.807, 2.05) is 18.2 Å². The lowest BCUT2D eigenvalue weighted by atomic mass is 10.2. The number of anilines is 3. The highest BCUT2D eigenvalue weighted by Gasteiger charge is 2.14. The number of carbonyl (C=O) groups is 1. The summed E-state index contributed by atoms with van der Waals surface area (Å²) in [5.41, 5.74) is 3.41. The number of benzene rings is 1. The minimum absolute atomic E-state index is 0.148. The Bertz CT molecular complexity index is 723. The predicted octanol–water partition coefficient (Wildman–Crippen LogP) is 2.91. The largest absolute Gasteiger partial charge is 0.384 e. The van der Waals surface area contributed by atoms with E-state index in [1.54, 1.807) is 12.4 Å². The van der Waals surface area contributed by atoms with E-state index in [0.717, 1.165) is 50.5 Å². The third-order valence-electron chi connectivity index (χ3n) is 4.57. The van der Waals surface area contributed by atoms with E-state index < -0.39 is 0 Å². The molecule has 2 N–H and O–H groups in total. The molecular weight excluding hydrogens is 326 g/mol. The molecule has 3 rings (SSSR count). The van der Waals surface area contributed by atoms with Crippen molar-refractivity contribution in [3.63, 3.8) is 0 Å². The molecule has 6 nitrogen and oxygen atoms in total. The van der Waals surface area contributed by atoms with Crippen LogP contribution in [0.25, 0.3) is 0 Å². The molecule has 6 heteroatoms. The minimum atomic E-state index is -0.148. The third kappa shape index (κ3) is 4.73. The Balaban J connectivity index is 1.61. The van der Waals surface area contributed by atoms with Crippen molar-refractivity contribution in [2.75, 3.05) is 55.3 Å². The number of nitrogens with zero attached hydrogens (tertiary/aromatic N) is 3. The van der Waals surface area contributed by atoms with Gasteiger partial charge in [-0.25, -0.2) is 0 Å². The van der Waals surface area contributed by atoms with Gasteiger partial charge in [-0.05, 0) is 43.8 Å². The quantitative estimate of drug-likeness (QED) is 0.836. The fourth-order valence-electron chi connectivity index (χ4n) is 2.95. The summed E-state index contributed by atoms with van der Waals surface area (Å²) in [6.07, 6.45) is 4.35. The summed E-state index contributed by atoms with van der Waals surface area (Å²) in [6.45, 7) is 7.18. The van der Waals surface area contributed by atoms with Crippen molar-refractivity contribution in [3.05, 3.63) is 48.3 Å². The molecule has 0 bridgehead atoms. The Kier molecular flexibility index (Phi) is 6.07. The normalized spacial score (nSPS) is 14.9. The van der Waals surface area contributed by atoms with Crippen molar-refractivity contribution in [3.8, 4) is 0 Å². The predicted molar refractivity (Wildman–Crippen MR) is 107 cm³/mol. The number of rotatable bonds is 6. The maximum atomic E-state index is 12.5. The minimum Gasteiger partial charge on any atom is -0.384 e. The summed E-state index contributed by atoms with van der Waals surface area (Å²) in [6, 6.07) is 9.88. The van der Waals surface area contributed by atoms with Crippen LogP contribution >= 0.6 is 0 Å². The Hall–Kier alpha value is -2.60. The van der Waals surface area contributed by atoms with Crippen LogP contribution in [0.4, 0.5) is 17.1 Å². The first-order chi connectivity index (χ1) is 12.7. The number of pyridine rings is 1. The van der Waals surface area contributed by atoms with Gasteiger partial charge in [0.15, 0.2) is 0 Å². The fraction of sp³-hybridized carbons (Fsp3) is 0.400. The summed E-state index contributed by atoms with van der Waals surface area (Å²) in [7, 11) is 2.15. The first kappa shape index (κ1) is 18.2. The number of carbonyl (C=O) groups excluding carboxylic acids is 1. The van der Waals surface area contributed by atoms with Crippen LogP contribution in [0.5, 0.6) is 0 Å². The van der Waals surface area contributed by atoms with Crippen molar-refractivity contribution in [1.82, 2.24) is 9.88 Å². The Labute approximate surface area is 155 Å². The van der Waals surface area contributed by atoms with Gasteiger partial charge >= 0.3 is 0 Å². The third-order valence-corrected chi connectivity index (χ3v) is 4.57. The van der Waals surface area contributed by atoms with E-state index in [1.165, 1.54) is 5.69 Å². The average Bonchev–Trinajstić information content (AvgIpc) is 2.68. The maximum Gasteiger partial charge on any atom is 0.257 e. The molecule has 1 fully saturated rings. The second-order valence-electron chi connectivity index (χ2n) is 6.68. The standard InChI is InChI=1S/C20H27N5O/c1-3-8-22-18-13-16(14-21-15-18)20(26)23-17-4-6-19(7-5-17)25-11-9-24(2)10-12-25/h4-7,13-15,22H,3,8-12H2,1-2H3,(H,23,26). The first-order valence-corrected chi connectivity index (χ1v) is 9.19. The maximum absolute atomic E-state index is 12.5. The molecule has 1 aromatic carbocycles. The molecule has 1 amide bonds. The molecule has 1 aromatic heterocycles. The van der Waals surface area contributed by atoms with Crippen molar-refractivity contribution >= 4 is 23.0 Å². The average molecular weight is 353 g/mol. The van der Waals surface area contributed by atoms with E-state index in [0.29, 0.717) is 5.56 Å². The number of hydrogen-bond donors (Lipinski definition) is 2. The van der Waals surface area contributed by atoms with Gasteiger partial charge in [-0.2, -0.15) is 0 Å². The Morgan fingerprint density at radius 3 is 2.50 bits per heavy atom. The molecule has 0 aliphatic carbocycles. The highest BCUT2D eigenvalue weighted by Crippen LogP contribution is 2.20. The molecule has 0 unspecified atom stereocenters. The van der Waals surface area contributed by atoms with Crippen molar-refractivity contribution in [2.24, 2.45) is 0 Å². The first-order valence-electron chi connectivity index (χ1n) is 9.19. The highest BCUT2D eigenvalue weighted by molar-refractivity contribution is 6.04. The van der Waals surface area contributed by atoms with E-state index in [-0.39, 0.29) is 5.91 Å². The van der Waals surface area contributed by atoms with Crippen LogP contribution in [0.2, 0.25) is 0 Å². The zero-order chi connectivity index (χ0) is 18.4. The van der Waals surface area contributed by atoms with Crippen LogP contribution in [0, 0.1) is 0 Å². The summed E-state index contributed by atoms with van der Waals surface area (Å²) in [5, 5.41) is 6.19. The Morgan fingerprint density at radius 2 is 1.81 bits per heavy atom. The topological polar surface area (TPSA) is 60.5 Å². The van der Waals surface area contributed by atoms with Gasteiger partial charge in [0.25, 0.3) is 5.91 Å². The molecule has 138 valence electrons.